The Kier molecular flexibility index (Phi) is 6.26. The molecule has 0 radical (unpaired) electrons. The second-order valence-corrected chi connectivity index (χ2v) is 4.77. The first-order valence-corrected chi connectivity index (χ1v) is 6.68. The van der Waals surface area contributed by atoms with E-state index in [4.69, 9.17) is 0 Å². The molecule has 0 aromatic heterocycles. The average Bonchev–Trinajstić information content (AvgIpc) is 2.38. The van der Waals surface area contributed by atoms with E-state index in [0.29, 0.717) is 6.54 Å². The minimum absolute atomic E-state index is 0.00618. The van der Waals surface area contributed by atoms with Gasteiger partial charge in [0.15, 0.2) is 0 Å². The second-order valence-electron chi connectivity index (χ2n) is 4.77. The molecule has 0 heterocycles. The van der Waals surface area contributed by atoms with Gasteiger partial charge >= 0.3 is 6.03 Å². The molecule has 0 aliphatic rings. The van der Waals surface area contributed by atoms with Crippen LogP contribution in [0, 0.1) is 6.92 Å². The molecule has 1 aromatic rings. The number of carbonyl (C=O) groups excluding carboxylic acids is 1. The molecular weight excluding hydrogens is 224 g/mol. The van der Waals surface area contributed by atoms with E-state index in [1.165, 1.54) is 18.4 Å². The molecule has 0 spiro atoms. The number of nitrogens with one attached hydrogen (secondary N) is 1. The van der Waals surface area contributed by atoms with Gasteiger partial charge in [0.1, 0.15) is 0 Å². The fraction of sp³-hybridized carbons (Fsp3) is 0.533. The van der Waals surface area contributed by atoms with E-state index in [9.17, 15) is 4.79 Å². The van der Waals surface area contributed by atoms with Crippen molar-refractivity contribution in [2.75, 3.05) is 13.6 Å². The van der Waals surface area contributed by atoms with Crippen LogP contribution in [0.3, 0.4) is 0 Å². The molecule has 1 aromatic carbocycles. The molecule has 100 valence electrons. The third-order valence-electron chi connectivity index (χ3n) is 3.01. The summed E-state index contributed by atoms with van der Waals surface area (Å²) in [5.74, 6) is 0. The number of hydrogen-bond acceptors (Lipinski definition) is 1. The Hall–Kier alpha value is -1.51. The molecule has 0 unspecified atom stereocenters. The summed E-state index contributed by atoms with van der Waals surface area (Å²) in [5, 5.41) is 2.93. The van der Waals surface area contributed by atoms with Crippen LogP contribution in [0.5, 0.6) is 0 Å². The van der Waals surface area contributed by atoms with E-state index < -0.39 is 0 Å². The quantitative estimate of drug-likeness (QED) is 0.769. The van der Waals surface area contributed by atoms with Gasteiger partial charge in [-0.15, -0.1) is 0 Å². The van der Waals surface area contributed by atoms with Crippen molar-refractivity contribution in [3.05, 3.63) is 35.4 Å². The van der Waals surface area contributed by atoms with E-state index in [-0.39, 0.29) is 6.03 Å². The number of unbranched alkanes of at least 4 members (excludes halogenated alkanes) is 2. The Balaban J connectivity index is 2.29. The lowest BCUT2D eigenvalue weighted by atomic mass is 10.1. The summed E-state index contributed by atoms with van der Waals surface area (Å²) >= 11 is 0. The summed E-state index contributed by atoms with van der Waals surface area (Å²) < 4.78 is 0. The topological polar surface area (TPSA) is 32.3 Å². The van der Waals surface area contributed by atoms with Gasteiger partial charge in [0.25, 0.3) is 0 Å². The van der Waals surface area contributed by atoms with Crippen molar-refractivity contribution in [1.82, 2.24) is 10.2 Å². The van der Waals surface area contributed by atoms with Crippen LogP contribution >= 0.6 is 0 Å². The van der Waals surface area contributed by atoms with E-state index >= 15 is 0 Å². The molecule has 3 heteroatoms. The maximum atomic E-state index is 11.8. The monoisotopic (exact) mass is 248 g/mol. The minimum Gasteiger partial charge on any atom is -0.334 e. The van der Waals surface area contributed by atoms with Gasteiger partial charge in [-0.25, -0.2) is 4.79 Å². The van der Waals surface area contributed by atoms with Crippen LogP contribution in [0.15, 0.2) is 24.3 Å². The van der Waals surface area contributed by atoms with Crippen molar-refractivity contribution in [1.29, 1.82) is 0 Å². The number of nitrogens with zero attached hydrogens (tertiary/aromatic N) is 1. The van der Waals surface area contributed by atoms with Crippen LogP contribution in [0.2, 0.25) is 0 Å². The normalized spacial score (nSPS) is 10.2. The number of hydrogen-bond donors (Lipinski definition) is 1. The van der Waals surface area contributed by atoms with Crippen molar-refractivity contribution in [2.45, 2.75) is 39.7 Å². The lowest BCUT2D eigenvalue weighted by Gasteiger charge is -2.17. The number of urea groups is 1. The Bertz CT molecular complexity index is 359. The fourth-order valence-corrected chi connectivity index (χ4v) is 1.72. The van der Waals surface area contributed by atoms with E-state index in [1.807, 2.05) is 19.2 Å². The van der Waals surface area contributed by atoms with Gasteiger partial charge in [-0.05, 0) is 18.9 Å². The number of aryl methyl sites for hydroxylation is 1. The van der Waals surface area contributed by atoms with Gasteiger partial charge in [0, 0.05) is 20.1 Å². The van der Waals surface area contributed by atoms with Gasteiger partial charge in [0.05, 0.1) is 0 Å². The summed E-state index contributed by atoms with van der Waals surface area (Å²) in [6.45, 7) is 5.64. The lowest BCUT2D eigenvalue weighted by Crippen LogP contribution is -2.37. The van der Waals surface area contributed by atoms with E-state index in [1.54, 1.807) is 4.90 Å². The first-order chi connectivity index (χ1) is 8.63. The summed E-state index contributed by atoms with van der Waals surface area (Å²) in [4.78, 5) is 13.5. The van der Waals surface area contributed by atoms with Crippen molar-refractivity contribution < 1.29 is 4.79 Å². The zero-order chi connectivity index (χ0) is 13.4. The van der Waals surface area contributed by atoms with Crippen LogP contribution in [0.25, 0.3) is 0 Å². The fourth-order valence-electron chi connectivity index (χ4n) is 1.72. The van der Waals surface area contributed by atoms with Crippen LogP contribution in [0.1, 0.15) is 37.3 Å². The smallest absolute Gasteiger partial charge is 0.317 e. The van der Waals surface area contributed by atoms with E-state index in [2.05, 4.69) is 31.3 Å². The van der Waals surface area contributed by atoms with Crippen LogP contribution < -0.4 is 5.32 Å². The predicted octanol–water partition coefficient (Wildman–Crippen LogP) is 3.33. The Morgan fingerprint density at radius 2 is 1.89 bits per heavy atom. The molecule has 0 aliphatic carbocycles. The van der Waals surface area contributed by atoms with Crippen LogP contribution in [-0.4, -0.2) is 24.5 Å². The SMILES string of the molecule is CCCCCN(C)C(=O)NCc1ccc(C)cc1. The molecule has 0 atom stereocenters. The van der Waals surface area contributed by atoms with Crippen LogP contribution in [-0.2, 0) is 6.54 Å². The van der Waals surface area contributed by atoms with Gasteiger partial charge in [-0.1, -0.05) is 49.6 Å². The number of amides is 2. The van der Waals surface area contributed by atoms with Crippen molar-refractivity contribution in [2.24, 2.45) is 0 Å². The van der Waals surface area contributed by atoms with E-state index in [0.717, 1.165) is 18.5 Å². The molecule has 1 N–H and O–H groups in total. The molecule has 0 saturated heterocycles. The molecule has 1 rings (SSSR count). The molecule has 0 fully saturated rings. The number of rotatable bonds is 6. The summed E-state index contributed by atoms with van der Waals surface area (Å²) in [6, 6.07) is 8.23. The zero-order valence-corrected chi connectivity index (χ0v) is 11.7. The highest BCUT2D eigenvalue weighted by atomic mass is 16.2. The van der Waals surface area contributed by atoms with Gasteiger partial charge in [-0.3, -0.25) is 0 Å². The Labute approximate surface area is 110 Å². The highest BCUT2D eigenvalue weighted by Crippen LogP contribution is 2.03. The highest BCUT2D eigenvalue weighted by Gasteiger charge is 2.06. The van der Waals surface area contributed by atoms with Crippen LogP contribution in [0.4, 0.5) is 4.79 Å². The number of benzene rings is 1. The standard InChI is InChI=1S/C15H24N2O/c1-4-5-6-11-17(3)15(18)16-12-14-9-7-13(2)8-10-14/h7-10H,4-6,11-12H2,1-3H3,(H,16,18). The minimum atomic E-state index is 0.00618. The average molecular weight is 248 g/mol. The zero-order valence-electron chi connectivity index (χ0n) is 11.7. The lowest BCUT2D eigenvalue weighted by molar-refractivity contribution is 0.207. The van der Waals surface area contributed by atoms with Crippen molar-refractivity contribution in [3.8, 4) is 0 Å². The molecule has 2 amide bonds. The van der Waals surface area contributed by atoms with Crippen molar-refractivity contribution in [3.63, 3.8) is 0 Å². The third kappa shape index (κ3) is 5.21. The van der Waals surface area contributed by atoms with Crippen molar-refractivity contribution >= 4 is 6.03 Å². The second kappa shape index (κ2) is 7.75. The Morgan fingerprint density at radius 3 is 2.50 bits per heavy atom. The third-order valence-corrected chi connectivity index (χ3v) is 3.01. The largest absolute Gasteiger partial charge is 0.334 e. The summed E-state index contributed by atoms with van der Waals surface area (Å²) in [6.07, 6.45) is 3.43. The first-order valence-electron chi connectivity index (χ1n) is 6.68. The highest BCUT2D eigenvalue weighted by molar-refractivity contribution is 5.73. The molecule has 18 heavy (non-hydrogen) atoms. The molecule has 3 nitrogen and oxygen atoms in total. The molecular formula is C15H24N2O. The molecule has 0 bridgehead atoms. The maximum Gasteiger partial charge on any atom is 0.317 e. The number of carbonyl (C=O) groups is 1. The van der Waals surface area contributed by atoms with Gasteiger partial charge in [0.2, 0.25) is 0 Å². The molecule has 0 saturated carbocycles. The summed E-state index contributed by atoms with van der Waals surface area (Å²) in [7, 11) is 1.85. The maximum absolute atomic E-state index is 11.8. The first kappa shape index (κ1) is 14.6. The predicted molar refractivity (Wildman–Crippen MR) is 75.6 cm³/mol. The molecule has 0 aliphatic heterocycles. The summed E-state index contributed by atoms with van der Waals surface area (Å²) in [5.41, 5.74) is 2.37. The van der Waals surface area contributed by atoms with Gasteiger partial charge in [-0.2, -0.15) is 0 Å². The van der Waals surface area contributed by atoms with Gasteiger partial charge < -0.3 is 10.2 Å². The Morgan fingerprint density at radius 1 is 1.22 bits per heavy atom.